The van der Waals surface area contributed by atoms with Gasteiger partial charge in [-0.3, -0.25) is 0 Å². The van der Waals surface area contributed by atoms with E-state index in [0.29, 0.717) is 11.5 Å². The molecule has 0 unspecified atom stereocenters. The van der Waals surface area contributed by atoms with Crippen LogP contribution < -0.4 is 5.73 Å². The van der Waals surface area contributed by atoms with E-state index in [2.05, 4.69) is 22.5 Å². The average Bonchev–Trinajstić information content (AvgIpc) is 2.64. The SMILES string of the molecule is CCCCc1nc2ccccc2n1CC(N)=S. The van der Waals surface area contributed by atoms with Crippen LogP contribution >= 0.6 is 12.2 Å². The number of unbranched alkanes of at least 4 members (excludes halogenated alkanes) is 1. The number of fused-ring (bicyclic) bond motifs is 1. The number of nitrogens with zero attached hydrogens (tertiary/aromatic N) is 2. The normalized spacial score (nSPS) is 10.9. The highest BCUT2D eigenvalue weighted by Crippen LogP contribution is 2.17. The van der Waals surface area contributed by atoms with E-state index >= 15 is 0 Å². The summed E-state index contributed by atoms with van der Waals surface area (Å²) in [5, 5.41) is 0. The van der Waals surface area contributed by atoms with Crippen molar-refractivity contribution in [2.24, 2.45) is 5.73 Å². The number of rotatable bonds is 5. The number of aromatic nitrogens is 2. The van der Waals surface area contributed by atoms with Gasteiger partial charge in [0.1, 0.15) is 5.82 Å². The van der Waals surface area contributed by atoms with Crippen molar-refractivity contribution < 1.29 is 0 Å². The van der Waals surface area contributed by atoms with Gasteiger partial charge in [0.05, 0.1) is 22.6 Å². The number of aryl methyl sites for hydroxylation is 1. The lowest BCUT2D eigenvalue weighted by Crippen LogP contribution is -2.18. The first-order chi connectivity index (χ1) is 8.22. The van der Waals surface area contributed by atoms with Gasteiger partial charge in [-0.2, -0.15) is 0 Å². The van der Waals surface area contributed by atoms with Gasteiger partial charge in [0.15, 0.2) is 0 Å². The molecular weight excluding hydrogens is 230 g/mol. The second kappa shape index (κ2) is 5.27. The quantitative estimate of drug-likeness (QED) is 0.826. The molecule has 1 heterocycles. The lowest BCUT2D eigenvalue weighted by atomic mass is 10.2. The minimum absolute atomic E-state index is 0.505. The molecule has 90 valence electrons. The molecule has 0 aliphatic heterocycles. The number of hydrogen-bond donors (Lipinski definition) is 1. The van der Waals surface area contributed by atoms with Crippen LogP contribution in [0.15, 0.2) is 24.3 Å². The van der Waals surface area contributed by atoms with Crippen molar-refractivity contribution in [1.82, 2.24) is 9.55 Å². The lowest BCUT2D eigenvalue weighted by Gasteiger charge is -2.07. The van der Waals surface area contributed by atoms with Crippen molar-refractivity contribution in [2.75, 3.05) is 0 Å². The zero-order valence-electron chi connectivity index (χ0n) is 10.0. The van der Waals surface area contributed by atoms with Crippen molar-refractivity contribution in [3.05, 3.63) is 30.1 Å². The molecule has 1 aromatic heterocycles. The summed E-state index contributed by atoms with van der Waals surface area (Å²) in [6.45, 7) is 2.76. The second-order valence-electron chi connectivity index (χ2n) is 4.17. The van der Waals surface area contributed by atoms with Crippen LogP contribution in [0.2, 0.25) is 0 Å². The van der Waals surface area contributed by atoms with E-state index in [1.165, 1.54) is 0 Å². The van der Waals surface area contributed by atoms with Crippen LogP contribution in [0.25, 0.3) is 11.0 Å². The topological polar surface area (TPSA) is 43.8 Å². The van der Waals surface area contributed by atoms with Gasteiger partial charge >= 0.3 is 0 Å². The Morgan fingerprint density at radius 3 is 2.88 bits per heavy atom. The third-order valence-corrected chi connectivity index (χ3v) is 2.93. The van der Waals surface area contributed by atoms with Gasteiger partial charge < -0.3 is 10.3 Å². The first kappa shape index (κ1) is 12.0. The number of imidazole rings is 1. The highest BCUT2D eigenvalue weighted by atomic mass is 32.1. The summed E-state index contributed by atoms with van der Waals surface area (Å²) >= 11 is 5.01. The maximum Gasteiger partial charge on any atom is 0.110 e. The number of nitrogens with two attached hydrogens (primary N) is 1. The molecule has 0 saturated carbocycles. The molecule has 0 bridgehead atoms. The number of benzene rings is 1. The summed E-state index contributed by atoms with van der Waals surface area (Å²) in [6.07, 6.45) is 3.28. The van der Waals surface area contributed by atoms with Crippen molar-refractivity contribution in [2.45, 2.75) is 32.7 Å². The summed E-state index contributed by atoms with van der Waals surface area (Å²) in [6, 6.07) is 8.12. The zero-order valence-corrected chi connectivity index (χ0v) is 10.8. The van der Waals surface area contributed by atoms with Crippen LogP contribution in [0.5, 0.6) is 0 Å². The molecule has 1 aromatic carbocycles. The monoisotopic (exact) mass is 247 g/mol. The van der Waals surface area contributed by atoms with E-state index in [1.807, 2.05) is 18.2 Å². The maximum absolute atomic E-state index is 5.66. The van der Waals surface area contributed by atoms with Crippen molar-refractivity contribution in [3.8, 4) is 0 Å². The number of hydrogen-bond acceptors (Lipinski definition) is 2. The highest BCUT2D eigenvalue weighted by molar-refractivity contribution is 7.80. The molecule has 0 fully saturated rings. The molecule has 0 atom stereocenters. The van der Waals surface area contributed by atoms with Crippen molar-refractivity contribution >= 4 is 28.2 Å². The Hall–Kier alpha value is -1.42. The fraction of sp³-hybridized carbons (Fsp3) is 0.385. The van der Waals surface area contributed by atoms with Crippen LogP contribution in [-0.4, -0.2) is 14.5 Å². The average molecular weight is 247 g/mol. The first-order valence-corrected chi connectivity index (χ1v) is 6.35. The molecule has 2 N–H and O–H groups in total. The van der Waals surface area contributed by atoms with Gasteiger partial charge in [-0.25, -0.2) is 4.98 Å². The largest absolute Gasteiger partial charge is 0.392 e. The molecule has 0 amide bonds. The Balaban J connectivity index is 2.44. The van der Waals surface area contributed by atoms with E-state index in [0.717, 1.165) is 36.1 Å². The van der Waals surface area contributed by atoms with E-state index in [-0.39, 0.29) is 0 Å². The Labute approximate surface area is 107 Å². The fourth-order valence-electron chi connectivity index (χ4n) is 1.98. The van der Waals surface area contributed by atoms with Gasteiger partial charge in [0, 0.05) is 6.42 Å². The summed E-state index contributed by atoms with van der Waals surface area (Å²) in [5.74, 6) is 1.08. The molecule has 0 aliphatic carbocycles. The molecular formula is C13H17N3S. The minimum atomic E-state index is 0.505. The molecule has 0 saturated heterocycles. The summed E-state index contributed by atoms with van der Waals surface area (Å²) in [4.78, 5) is 5.16. The van der Waals surface area contributed by atoms with Gasteiger partial charge in [-0.05, 0) is 18.6 Å². The van der Waals surface area contributed by atoms with Crippen LogP contribution in [0, 0.1) is 0 Å². The fourth-order valence-corrected chi connectivity index (χ4v) is 2.11. The summed E-state index contributed by atoms with van der Waals surface area (Å²) < 4.78 is 2.13. The third kappa shape index (κ3) is 2.64. The minimum Gasteiger partial charge on any atom is -0.392 e. The predicted octanol–water partition coefficient (Wildman–Crippen LogP) is 2.67. The standard InChI is InChI=1S/C13H17N3S/c1-2-3-8-13-15-10-6-4-5-7-11(10)16(13)9-12(14)17/h4-7H,2-3,8-9H2,1H3,(H2,14,17). The van der Waals surface area contributed by atoms with Crippen molar-refractivity contribution in [1.29, 1.82) is 0 Å². The van der Waals surface area contributed by atoms with Gasteiger partial charge in [0.25, 0.3) is 0 Å². The molecule has 0 radical (unpaired) electrons. The molecule has 3 nitrogen and oxygen atoms in total. The van der Waals surface area contributed by atoms with Crippen molar-refractivity contribution in [3.63, 3.8) is 0 Å². The number of thiocarbonyl (C=S) groups is 1. The highest BCUT2D eigenvalue weighted by Gasteiger charge is 2.10. The van der Waals surface area contributed by atoms with Gasteiger partial charge in [0.2, 0.25) is 0 Å². The van der Waals surface area contributed by atoms with E-state index in [1.54, 1.807) is 0 Å². The second-order valence-corrected chi connectivity index (χ2v) is 4.70. The molecule has 0 aliphatic rings. The molecule has 2 rings (SSSR count). The summed E-state index contributed by atoms with van der Waals surface area (Å²) in [7, 11) is 0. The zero-order chi connectivity index (χ0) is 12.3. The lowest BCUT2D eigenvalue weighted by molar-refractivity contribution is 0.706. The predicted molar refractivity (Wildman–Crippen MR) is 75.1 cm³/mol. The van der Waals surface area contributed by atoms with Gasteiger partial charge in [-0.15, -0.1) is 0 Å². The Morgan fingerprint density at radius 1 is 1.41 bits per heavy atom. The molecule has 2 aromatic rings. The van der Waals surface area contributed by atoms with Crippen LogP contribution in [-0.2, 0) is 13.0 Å². The molecule has 17 heavy (non-hydrogen) atoms. The van der Waals surface area contributed by atoms with Crippen LogP contribution in [0.4, 0.5) is 0 Å². The van der Waals surface area contributed by atoms with Crippen LogP contribution in [0.3, 0.4) is 0 Å². The van der Waals surface area contributed by atoms with Gasteiger partial charge in [-0.1, -0.05) is 37.7 Å². The molecule has 0 spiro atoms. The first-order valence-electron chi connectivity index (χ1n) is 5.95. The molecule has 4 heteroatoms. The van der Waals surface area contributed by atoms with Crippen LogP contribution in [0.1, 0.15) is 25.6 Å². The number of para-hydroxylation sites is 2. The Bertz CT molecular complexity index is 530. The summed E-state index contributed by atoms with van der Waals surface area (Å²) in [5.41, 5.74) is 7.80. The third-order valence-electron chi connectivity index (χ3n) is 2.80. The Kier molecular flexibility index (Phi) is 3.74. The smallest absolute Gasteiger partial charge is 0.110 e. The Morgan fingerprint density at radius 2 is 2.18 bits per heavy atom. The maximum atomic E-state index is 5.66. The van der Waals surface area contributed by atoms with E-state index in [4.69, 9.17) is 18.0 Å². The van der Waals surface area contributed by atoms with E-state index < -0.39 is 0 Å². The van der Waals surface area contributed by atoms with E-state index in [9.17, 15) is 0 Å².